The van der Waals surface area contributed by atoms with Crippen LogP contribution in [0.15, 0.2) is 51.6 Å². The smallest absolute Gasteiger partial charge is 0.335 e. The molecule has 0 spiro atoms. The fourth-order valence-corrected chi connectivity index (χ4v) is 1.81. The molecule has 0 aliphatic carbocycles. The summed E-state index contributed by atoms with van der Waals surface area (Å²) in [6, 6.07) is 9.44. The molecule has 0 fully saturated rings. The topological polar surface area (TPSA) is 79.5 Å². The Morgan fingerprint density at radius 2 is 2.05 bits per heavy atom. The van der Waals surface area contributed by atoms with Crippen molar-refractivity contribution in [2.75, 3.05) is 5.32 Å². The molecule has 0 saturated carbocycles. The molecule has 1 amide bonds. The first-order chi connectivity index (χ1) is 9.54. The molecule has 2 N–H and O–H groups in total. The Morgan fingerprint density at radius 3 is 2.70 bits per heavy atom. The number of nitrogens with one attached hydrogen (secondary N) is 1. The van der Waals surface area contributed by atoms with E-state index >= 15 is 0 Å². The zero-order valence-corrected chi connectivity index (χ0v) is 11.8. The molecular formula is C14H10BrNO4. The third-order valence-electron chi connectivity index (χ3n) is 2.37. The van der Waals surface area contributed by atoms with E-state index in [1.807, 2.05) is 0 Å². The van der Waals surface area contributed by atoms with E-state index in [9.17, 15) is 9.59 Å². The Morgan fingerprint density at radius 1 is 1.25 bits per heavy atom. The van der Waals surface area contributed by atoms with Crippen LogP contribution in [0.3, 0.4) is 0 Å². The average molecular weight is 336 g/mol. The molecule has 102 valence electrons. The van der Waals surface area contributed by atoms with Gasteiger partial charge in [-0.2, -0.15) is 0 Å². The molecule has 1 heterocycles. The molecular weight excluding hydrogens is 326 g/mol. The SMILES string of the molecule is O=C(/C=C/c1ccc(Br)o1)Nc1cccc(C(=O)O)c1. The van der Waals surface area contributed by atoms with Gasteiger partial charge in [0.05, 0.1) is 5.56 Å². The van der Waals surface area contributed by atoms with E-state index in [2.05, 4.69) is 21.2 Å². The lowest BCUT2D eigenvalue weighted by Crippen LogP contribution is -2.08. The van der Waals surface area contributed by atoms with E-state index in [0.29, 0.717) is 16.1 Å². The Kier molecular flexibility index (Phi) is 4.37. The van der Waals surface area contributed by atoms with Gasteiger partial charge < -0.3 is 14.8 Å². The quantitative estimate of drug-likeness (QED) is 0.839. The Labute approximate surface area is 123 Å². The van der Waals surface area contributed by atoms with E-state index in [4.69, 9.17) is 9.52 Å². The minimum Gasteiger partial charge on any atom is -0.478 e. The van der Waals surface area contributed by atoms with E-state index < -0.39 is 5.97 Å². The second-order valence-electron chi connectivity index (χ2n) is 3.85. The number of rotatable bonds is 4. The maximum absolute atomic E-state index is 11.7. The number of carbonyl (C=O) groups excluding carboxylic acids is 1. The first-order valence-corrected chi connectivity index (χ1v) is 6.41. The molecule has 0 aliphatic rings. The number of amides is 1. The van der Waals surface area contributed by atoms with Crippen LogP contribution < -0.4 is 5.32 Å². The second kappa shape index (κ2) is 6.21. The highest BCUT2D eigenvalue weighted by molar-refractivity contribution is 9.10. The molecule has 1 aromatic heterocycles. The van der Waals surface area contributed by atoms with Gasteiger partial charge in [0.15, 0.2) is 4.67 Å². The third-order valence-corrected chi connectivity index (χ3v) is 2.80. The summed E-state index contributed by atoms with van der Waals surface area (Å²) in [4.78, 5) is 22.5. The molecule has 0 radical (unpaired) electrons. The van der Waals surface area contributed by atoms with Crippen molar-refractivity contribution in [1.29, 1.82) is 0 Å². The molecule has 0 bridgehead atoms. The number of hydrogen-bond donors (Lipinski definition) is 2. The van der Waals surface area contributed by atoms with Crippen LogP contribution in [0.1, 0.15) is 16.1 Å². The molecule has 2 rings (SSSR count). The van der Waals surface area contributed by atoms with Crippen LogP contribution in [-0.4, -0.2) is 17.0 Å². The first-order valence-electron chi connectivity index (χ1n) is 5.62. The van der Waals surface area contributed by atoms with E-state index in [1.165, 1.54) is 24.3 Å². The lowest BCUT2D eigenvalue weighted by Gasteiger charge is -2.02. The van der Waals surface area contributed by atoms with Crippen LogP contribution >= 0.6 is 15.9 Å². The molecule has 0 unspecified atom stereocenters. The molecule has 0 aliphatic heterocycles. The molecule has 20 heavy (non-hydrogen) atoms. The summed E-state index contributed by atoms with van der Waals surface area (Å²) in [6.07, 6.45) is 2.82. The number of carboxylic acid groups (broad SMARTS) is 1. The number of aromatic carboxylic acids is 1. The molecule has 1 aromatic carbocycles. The number of benzene rings is 1. The van der Waals surface area contributed by atoms with E-state index in [-0.39, 0.29) is 11.5 Å². The maximum Gasteiger partial charge on any atom is 0.335 e. The summed E-state index contributed by atoms with van der Waals surface area (Å²) in [6.45, 7) is 0. The highest BCUT2D eigenvalue weighted by Gasteiger charge is 2.04. The van der Waals surface area contributed by atoms with Gasteiger partial charge in [-0.15, -0.1) is 0 Å². The van der Waals surface area contributed by atoms with Gasteiger partial charge in [0.1, 0.15) is 5.76 Å². The number of anilines is 1. The number of halogens is 1. The summed E-state index contributed by atoms with van der Waals surface area (Å²) in [7, 11) is 0. The van der Waals surface area contributed by atoms with E-state index in [1.54, 1.807) is 24.3 Å². The van der Waals surface area contributed by atoms with Gasteiger partial charge in [-0.05, 0) is 52.3 Å². The highest BCUT2D eigenvalue weighted by atomic mass is 79.9. The van der Waals surface area contributed by atoms with Crippen molar-refractivity contribution in [3.8, 4) is 0 Å². The van der Waals surface area contributed by atoms with Crippen molar-refractivity contribution in [3.63, 3.8) is 0 Å². The Bertz CT molecular complexity index is 675. The second-order valence-corrected chi connectivity index (χ2v) is 4.63. The van der Waals surface area contributed by atoms with Crippen LogP contribution in [0.25, 0.3) is 6.08 Å². The fraction of sp³-hybridized carbons (Fsp3) is 0. The minimum absolute atomic E-state index is 0.113. The first kappa shape index (κ1) is 14.1. The highest BCUT2D eigenvalue weighted by Crippen LogP contribution is 2.15. The van der Waals surface area contributed by atoms with Crippen molar-refractivity contribution in [3.05, 3.63) is 58.5 Å². The Hall–Kier alpha value is -2.34. The summed E-state index contributed by atoms with van der Waals surface area (Å²) in [5, 5.41) is 11.4. The third kappa shape index (κ3) is 3.83. The van der Waals surface area contributed by atoms with Crippen LogP contribution in [0.5, 0.6) is 0 Å². The van der Waals surface area contributed by atoms with Crippen LogP contribution in [-0.2, 0) is 4.79 Å². The zero-order chi connectivity index (χ0) is 14.5. The lowest BCUT2D eigenvalue weighted by molar-refractivity contribution is -0.111. The maximum atomic E-state index is 11.7. The number of hydrogen-bond acceptors (Lipinski definition) is 3. The van der Waals surface area contributed by atoms with Gasteiger partial charge in [0, 0.05) is 11.8 Å². The number of furan rings is 1. The van der Waals surface area contributed by atoms with Crippen molar-refractivity contribution in [1.82, 2.24) is 0 Å². The molecule has 0 saturated heterocycles. The standard InChI is InChI=1S/C14H10BrNO4/c15-12-6-4-11(20-12)5-7-13(17)16-10-3-1-2-9(8-10)14(18)19/h1-8H,(H,16,17)(H,18,19)/b7-5+. The van der Waals surface area contributed by atoms with Crippen LogP contribution in [0.2, 0.25) is 0 Å². The Balaban J connectivity index is 2.02. The fourth-order valence-electron chi connectivity index (χ4n) is 1.49. The van der Waals surface area contributed by atoms with Gasteiger partial charge >= 0.3 is 5.97 Å². The van der Waals surface area contributed by atoms with Gasteiger partial charge in [-0.3, -0.25) is 4.79 Å². The molecule has 0 atom stereocenters. The summed E-state index contributed by atoms with van der Waals surface area (Å²) >= 11 is 3.16. The normalized spacial score (nSPS) is 10.7. The average Bonchev–Trinajstić information content (AvgIpc) is 2.82. The van der Waals surface area contributed by atoms with Crippen molar-refractivity contribution in [2.24, 2.45) is 0 Å². The minimum atomic E-state index is -1.04. The van der Waals surface area contributed by atoms with Crippen LogP contribution in [0, 0.1) is 0 Å². The number of carboxylic acids is 1. The van der Waals surface area contributed by atoms with Gasteiger partial charge in [-0.1, -0.05) is 6.07 Å². The molecule has 2 aromatic rings. The summed E-state index contributed by atoms with van der Waals surface area (Å²) in [5.41, 5.74) is 0.530. The molecule has 5 nitrogen and oxygen atoms in total. The van der Waals surface area contributed by atoms with Crippen molar-refractivity contribution < 1.29 is 19.1 Å². The van der Waals surface area contributed by atoms with Crippen LogP contribution in [0.4, 0.5) is 5.69 Å². The predicted octanol–water partition coefficient (Wildman–Crippen LogP) is 3.39. The predicted molar refractivity (Wildman–Crippen MR) is 77.5 cm³/mol. The lowest BCUT2D eigenvalue weighted by atomic mass is 10.2. The monoisotopic (exact) mass is 335 g/mol. The largest absolute Gasteiger partial charge is 0.478 e. The summed E-state index contributed by atoms with van der Waals surface area (Å²) in [5.74, 6) is -0.886. The van der Waals surface area contributed by atoms with Crippen molar-refractivity contribution >= 4 is 39.6 Å². The number of carbonyl (C=O) groups is 2. The summed E-state index contributed by atoms with van der Waals surface area (Å²) < 4.78 is 5.78. The van der Waals surface area contributed by atoms with Gasteiger partial charge in [-0.25, -0.2) is 4.79 Å². The van der Waals surface area contributed by atoms with Gasteiger partial charge in [0.25, 0.3) is 0 Å². The van der Waals surface area contributed by atoms with E-state index in [0.717, 1.165) is 0 Å². The molecule has 6 heteroatoms. The van der Waals surface area contributed by atoms with Crippen molar-refractivity contribution in [2.45, 2.75) is 0 Å². The van der Waals surface area contributed by atoms with Gasteiger partial charge in [0.2, 0.25) is 5.91 Å². The zero-order valence-electron chi connectivity index (χ0n) is 10.2.